The normalized spacial score (nSPS) is 20.8. The Kier molecular flexibility index (Phi) is 5.32. The van der Waals surface area contributed by atoms with Crippen LogP contribution in [0.5, 0.6) is 0 Å². The predicted molar refractivity (Wildman–Crippen MR) is 71.6 cm³/mol. The first kappa shape index (κ1) is 14.0. The lowest BCUT2D eigenvalue weighted by Gasteiger charge is -2.24. The second kappa shape index (κ2) is 7.23. The van der Waals surface area contributed by atoms with Crippen LogP contribution in [0.1, 0.15) is 18.0 Å². The highest BCUT2D eigenvalue weighted by molar-refractivity contribution is 5.77. The molecule has 1 saturated heterocycles. The molecule has 2 rings (SSSR count). The van der Waals surface area contributed by atoms with E-state index in [2.05, 4.69) is 10.6 Å². The van der Waals surface area contributed by atoms with E-state index in [0.717, 1.165) is 12.1 Å². The van der Waals surface area contributed by atoms with Crippen molar-refractivity contribution >= 4 is 5.91 Å². The van der Waals surface area contributed by atoms with Gasteiger partial charge in [0.15, 0.2) is 0 Å². The van der Waals surface area contributed by atoms with Gasteiger partial charge < -0.3 is 20.5 Å². The molecule has 0 radical (unpaired) electrons. The zero-order valence-corrected chi connectivity index (χ0v) is 10.8. The van der Waals surface area contributed by atoms with Crippen molar-refractivity contribution in [2.45, 2.75) is 18.5 Å². The van der Waals surface area contributed by atoms with E-state index in [9.17, 15) is 9.90 Å². The summed E-state index contributed by atoms with van der Waals surface area (Å²) in [5.41, 5.74) is 0.909. The van der Waals surface area contributed by atoms with Gasteiger partial charge in [-0.15, -0.1) is 0 Å². The number of morpholine rings is 1. The number of benzene rings is 1. The standard InChI is InChI=1S/C14H20N2O3/c17-9-13(11-4-2-1-3-5-11)16-14(18)8-12-10-19-7-6-15-12/h1-5,12-13,15,17H,6-10H2,(H,16,18)/t12?,13-/m1/s1. The summed E-state index contributed by atoms with van der Waals surface area (Å²) in [6.07, 6.45) is 0.364. The molecule has 5 nitrogen and oxygen atoms in total. The van der Waals surface area contributed by atoms with Gasteiger partial charge in [0.2, 0.25) is 5.91 Å². The van der Waals surface area contributed by atoms with Gasteiger partial charge in [-0.3, -0.25) is 4.79 Å². The van der Waals surface area contributed by atoms with E-state index in [4.69, 9.17) is 4.74 Å². The van der Waals surface area contributed by atoms with Gasteiger partial charge in [0, 0.05) is 19.0 Å². The lowest BCUT2D eigenvalue weighted by Crippen LogP contribution is -2.44. The van der Waals surface area contributed by atoms with Crippen molar-refractivity contribution in [1.29, 1.82) is 0 Å². The van der Waals surface area contributed by atoms with E-state index in [1.54, 1.807) is 0 Å². The van der Waals surface area contributed by atoms with Crippen LogP contribution in [0.2, 0.25) is 0 Å². The summed E-state index contributed by atoms with van der Waals surface area (Å²) < 4.78 is 5.31. The summed E-state index contributed by atoms with van der Waals surface area (Å²) in [6.45, 7) is 1.92. The van der Waals surface area contributed by atoms with E-state index < -0.39 is 0 Å². The molecule has 0 bridgehead atoms. The van der Waals surface area contributed by atoms with Crippen LogP contribution in [-0.4, -0.2) is 43.4 Å². The van der Waals surface area contributed by atoms with Crippen LogP contribution in [0.3, 0.4) is 0 Å². The Morgan fingerprint density at radius 1 is 1.47 bits per heavy atom. The fourth-order valence-corrected chi connectivity index (χ4v) is 2.15. The summed E-state index contributed by atoms with van der Waals surface area (Å²) in [5, 5.41) is 15.5. The molecule has 2 atom stereocenters. The lowest BCUT2D eigenvalue weighted by molar-refractivity contribution is -0.123. The zero-order valence-electron chi connectivity index (χ0n) is 10.8. The number of aliphatic hydroxyl groups is 1. The third-order valence-corrected chi connectivity index (χ3v) is 3.15. The molecule has 3 N–H and O–H groups in total. The molecular formula is C14H20N2O3. The number of hydrogen-bond acceptors (Lipinski definition) is 4. The Morgan fingerprint density at radius 2 is 2.26 bits per heavy atom. The van der Waals surface area contributed by atoms with E-state index in [-0.39, 0.29) is 24.6 Å². The average Bonchev–Trinajstić information content (AvgIpc) is 2.47. The van der Waals surface area contributed by atoms with E-state index in [0.29, 0.717) is 19.6 Å². The number of amides is 1. The second-order valence-corrected chi connectivity index (χ2v) is 4.64. The highest BCUT2D eigenvalue weighted by atomic mass is 16.5. The SMILES string of the molecule is O=C(CC1COCCN1)N[C@H](CO)c1ccccc1. The van der Waals surface area contributed by atoms with Gasteiger partial charge in [0.1, 0.15) is 0 Å². The highest BCUT2D eigenvalue weighted by Gasteiger charge is 2.19. The van der Waals surface area contributed by atoms with Crippen LogP contribution in [0.4, 0.5) is 0 Å². The Balaban J connectivity index is 1.85. The third kappa shape index (κ3) is 4.31. The molecule has 1 aliphatic heterocycles. The van der Waals surface area contributed by atoms with Gasteiger partial charge in [-0.2, -0.15) is 0 Å². The summed E-state index contributed by atoms with van der Waals surface area (Å²) in [6, 6.07) is 9.18. The Hall–Kier alpha value is -1.43. The molecule has 104 valence electrons. The summed E-state index contributed by atoms with van der Waals surface area (Å²) in [5.74, 6) is -0.0779. The van der Waals surface area contributed by atoms with Gasteiger partial charge in [0.25, 0.3) is 0 Å². The second-order valence-electron chi connectivity index (χ2n) is 4.64. The van der Waals surface area contributed by atoms with Crippen molar-refractivity contribution in [3.8, 4) is 0 Å². The largest absolute Gasteiger partial charge is 0.394 e. The van der Waals surface area contributed by atoms with Gasteiger partial charge in [-0.05, 0) is 5.56 Å². The average molecular weight is 264 g/mol. The number of carbonyl (C=O) groups excluding carboxylic acids is 1. The molecule has 1 unspecified atom stereocenters. The first-order valence-corrected chi connectivity index (χ1v) is 6.56. The Morgan fingerprint density at radius 3 is 2.89 bits per heavy atom. The molecule has 1 fully saturated rings. The molecule has 0 aromatic heterocycles. The fourth-order valence-electron chi connectivity index (χ4n) is 2.15. The highest BCUT2D eigenvalue weighted by Crippen LogP contribution is 2.12. The number of nitrogens with one attached hydrogen (secondary N) is 2. The van der Waals surface area contributed by atoms with Crippen molar-refractivity contribution in [2.75, 3.05) is 26.4 Å². The van der Waals surface area contributed by atoms with Crippen LogP contribution in [0.25, 0.3) is 0 Å². The molecule has 0 saturated carbocycles. The van der Waals surface area contributed by atoms with Gasteiger partial charge >= 0.3 is 0 Å². The monoisotopic (exact) mass is 264 g/mol. The molecule has 1 heterocycles. The smallest absolute Gasteiger partial charge is 0.222 e. The van der Waals surface area contributed by atoms with Crippen LogP contribution in [0, 0.1) is 0 Å². The van der Waals surface area contributed by atoms with Gasteiger partial charge in [-0.1, -0.05) is 30.3 Å². The third-order valence-electron chi connectivity index (χ3n) is 3.15. The van der Waals surface area contributed by atoms with Crippen molar-refractivity contribution < 1.29 is 14.6 Å². The van der Waals surface area contributed by atoms with Crippen molar-refractivity contribution in [2.24, 2.45) is 0 Å². The molecule has 0 spiro atoms. The van der Waals surface area contributed by atoms with E-state index in [1.165, 1.54) is 0 Å². The number of carbonyl (C=O) groups is 1. The number of rotatable bonds is 5. The maximum Gasteiger partial charge on any atom is 0.222 e. The molecule has 1 aromatic rings. The molecule has 1 aromatic carbocycles. The topological polar surface area (TPSA) is 70.6 Å². The first-order chi connectivity index (χ1) is 9.29. The molecule has 1 amide bonds. The van der Waals surface area contributed by atoms with Crippen molar-refractivity contribution in [1.82, 2.24) is 10.6 Å². The molecular weight excluding hydrogens is 244 g/mol. The number of hydrogen-bond donors (Lipinski definition) is 3. The van der Waals surface area contributed by atoms with Gasteiger partial charge in [-0.25, -0.2) is 0 Å². The lowest BCUT2D eigenvalue weighted by atomic mass is 10.1. The molecule has 5 heteroatoms. The maximum atomic E-state index is 11.9. The van der Waals surface area contributed by atoms with Gasteiger partial charge in [0.05, 0.1) is 25.9 Å². The quantitative estimate of drug-likeness (QED) is 0.711. The summed E-state index contributed by atoms with van der Waals surface area (Å²) in [7, 11) is 0. The predicted octanol–water partition coefficient (Wildman–Crippen LogP) is 0.215. The molecule has 0 aliphatic carbocycles. The Labute approximate surface area is 113 Å². The molecule has 19 heavy (non-hydrogen) atoms. The van der Waals surface area contributed by atoms with Crippen LogP contribution < -0.4 is 10.6 Å². The minimum Gasteiger partial charge on any atom is -0.394 e. The minimum atomic E-state index is -0.349. The fraction of sp³-hybridized carbons (Fsp3) is 0.500. The Bertz CT molecular complexity index is 391. The minimum absolute atomic E-state index is 0.0591. The van der Waals surface area contributed by atoms with Crippen molar-refractivity contribution in [3.05, 3.63) is 35.9 Å². The zero-order chi connectivity index (χ0) is 13.5. The van der Waals surface area contributed by atoms with E-state index >= 15 is 0 Å². The molecule has 1 aliphatic rings. The summed E-state index contributed by atoms with van der Waals surface area (Å²) >= 11 is 0. The van der Waals surface area contributed by atoms with Crippen LogP contribution >= 0.6 is 0 Å². The maximum absolute atomic E-state index is 11.9. The van der Waals surface area contributed by atoms with Crippen molar-refractivity contribution in [3.63, 3.8) is 0 Å². The number of aliphatic hydroxyl groups excluding tert-OH is 1. The number of ether oxygens (including phenoxy) is 1. The summed E-state index contributed by atoms with van der Waals surface area (Å²) in [4.78, 5) is 11.9. The van der Waals surface area contributed by atoms with Crippen LogP contribution in [0.15, 0.2) is 30.3 Å². The van der Waals surface area contributed by atoms with E-state index in [1.807, 2.05) is 30.3 Å². The first-order valence-electron chi connectivity index (χ1n) is 6.56. The van der Waals surface area contributed by atoms with Crippen LogP contribution in [-0.2, 0) is 9.53 Å².